The Morgan fingerprint density at radius 2 is 1.66 bits per heavy atom. The molecule has 0 bridgehead atoms. The number of aryl methyl sites for hydroxylation is 1. The fraction of sp³-hybridized carbons (Fsp3) is 0.231. The highest BCUT2D eigenvalue weighted by Crippen LogP contribution is 2.29. The number of anilines is 2. The molecule has 3 aromatic carbocycles. The van der Waals surface area contributed by atoms with Crippen molar-refractivity contribution in [2.24, 2.45) is 0 Å². The number of nitrogens with one attached hydrogen (secondary N) is 2. The third-order valence-corrected chi connectivity index (χ3v) is 5.98. The van der Waals surface area contributed by atoms with Crippen LogP contribution >= 0.6 is 11.6 Å². The minimum Gasteiger partial charge on any atom is -0.322 e. The van der Waals surface area contributed by atoms with Gasteiger partial charge in [0.2, 0.25) is 0 Å². The van der Waals surface area contributed by atoms with E-state index in [0.29, 0.717) is 16.9 Å². The molecule has 182 valence electrons. The SMILES string of the molecule is CCN(CC)Cc1ccc(C(=O)Nc2cc(NC(=O)c3cccc(Cl)c3[N+](=O)[O-])ccc2C)cc1. The summed E-state index contributed by atoms with van der Waals surface area (Å²) in [7, 11) is 0. The van der Waals surface area contributed by atoms with E-state index in [-0.39, 0.29) is 16.5 Å². The third-order valence-electron chi connectivity index (χ3n) is 5.67. The molecule has 2 amide bonds. The summed E-state index contributed by atoms with van der Waals surface area (Å²) >= 11 is 5.91. The fourth-order valence-corrected chi connectivity index (χ4v) is 3.82. The average molecular weight is 495 g/mol. The monoisotopic (exact) mass is 494 g/mol. The molecule has 0 aliphatic rings. The second-order valence-corrected chi connectivity index (χ2v) is 8.40. The molecule has 0 saturated heterocycles. The molecule has 0 heterocycles. The summed E-state index contributed by atoms with van der Waals surface area (Å²) in [6, 6.07) is 16.6. The Morgan fingerprint density at radius 1 is 0.971 bits per heavy atom. The van der Waals surface area contributed by atoms with Gasteiger partial charge in [-0.3, -0.25) is 24.6 Å². The van der Waals surface area contributed by atoms with Crippen molar-refractivity contribution >= 4 is 40.5 Å². The Morgan fingerprint density at radius 3 is 2.29 bits per heavy atom. The van der Waals surface area contributed by atoms with E-state index in [2.05, 4.69) is 29.4 Å². The zero-order chi connectivity index (χ0) is 25.5. The van der Waals surface area contributed by atoms with Crippen LogP contribution in [-0.4, -0.2) is 34.7 Å². The highest BCUT2D eigenvalue weighted by molar-refractivity contribution is 6.33. The first-order valence-corrected chi connectivity index (χ1v) is 11.6. The molecule has 3 aromatic rings. The molecular weight excluding hydrogens is 468 g/mol. The van der Waals surface area contributed by atoms with Gasteiger partial charge in [0.1, 0.15) is 10.6 Å². The summed E-state index contributed by atoms with van der Waals surface area (Å²) in [4.78, 5) is 38.5. The van der Waals surface area contributed by atoms with Crippen LogP contribution in [0.4, 0.5) is 17.1 Å². The van der Waals surface area contributed by atoms with Gasteiger partial charge in [0.05, 0.1) is 4.92 Å². The van der Waals surface area contributed by atoms with E-state index in [1.54, 1.807) is 30.3 Å². The van der Waals surface area contributed by atoms with Gasteiger partial charge in [0.15, 0.2) is 0 Å². The van der Waals surface area contributed by atoms with Crippen LogP contribution in [0.5, 0.6) is 0 Å². The standard InChI is InChI=1S/C26H27ClN4O4/c1-4-30(5-2)16-18-10-12-19(13-11-18)25(32)29-23-15-20(14-9-17(23)3)28-26(33)21-7-6-8-22(27)24(21)31(34)35/h6-15H,4-5,16H2,1-3H3,(H,28,33)(H,29,32). The van der Waals surface area contributed by atoms with Crippen molar-refractivity contribution in [2.75, 3.05) is 23.7 Å². The largest absolute Gasteiger partial charge is 0.322 e. The van der Waals surface area contributed by atoms with Crippen LogP contribution in [0.15, 0.2) is 60.7 Å². The van der Waals surface area contributed by atoms with Gasteiger partial charge in [-0.15, -0.1) is 0 Å². The number of carbonyl (C=O) groups is 2. The number of nitro benzene ring substituents is 1. The highest BCUT2D eigenvalue weighted by Gasteiger charge is 2.23. The van der Waals surface area contributed by atoms with Gasteiger partial charge in [-0.1, -0.05) is 49.7 Å². The molecular formula is C26H27ClN4O4. The van der Waals surface area contributed by atoms with E-state index in [1.807, 2.05) is 19.1 Å². The molecule has 35 heavy (non-hydrogen) atoms. The molecule has 2 N–H and O–H groups in total. The maximum atomic E-state index is 12.8. The summed E-state index contributed by atoms with van der Waals surface area (Å²) in [5.41, 5.74) is 2.71. The van der Waals surface area contributed by atoms with Crippen molar-refractivity contribution in [3.8, 4) is 0 Å². The Balaban J connectivity index is 1.74. The van der Waals surface area contributed by atoms with E-state index in [1.165, 1.54) is 18.2 Å². The minimum atomic E-state index is -0.689. The predicted octanol–water partition coefficient (Wildman–Crippen LogP) is 5.90. The van der Waals surface area contributed by atoms with Crippen LogP contribution in [0.2, 0.25) is 5.02 Å². The second-order valence-electron chi connectivity index (χ2n) is 7.99. The van der Waals surface area contributed by atoms with Crippen LogP contribution in [-0.2, 0) is 6.54 Å². The van der Waals surface area contributed by atoms with Crippen molar-refractivity contribution in [3.05, 3.63) is 98.1 Å². The van der Waals surface area contributed by atoms with Gasteiger partial charge >= 0.3 is 5.69 Å². The molecule has 0 aromatic heterocycles. The smallest absolute Gasteiger partial charge is 0.300 e. The number of nitro groups is 1. The summed E-state index contributed by atoms with van der Waals surface area (Å²) in [5.74, 6) is -0.958. The van der Waals surface area contributed by atoms with E-state index in [0.717, 1.165) is 30.8 Å². The first kappa shape index (κ1) is 25.9. The number of hydrogen-bond donors (Lipinski definition) is 2. The van der Waals surface area contributed by atoms with Crippen LogP contribution in [0.3, 0.4) is 0 Å². The van der Waals surface area contributed by atoms with Crippen molar-refractivity contribution in [1.82, 2.24) is 4.90 Å². The Bertz CT molecular complexity index is 1240. The Hall–Kier alpha value is -3.75. The lowest BCUT2D eigenvalue weighted by Gasteiger charge is -2.18. The summed E-state index contributed by atoms with van der Waals surface area (Å²) in [5, 5.41) is 16.7. The number of benzene rings is 3. The van der Waals surface area contributed by atoms with Gasteiger partial charge in [-0.2, -0.15) is 0 Å². The average Bonchev–Trinajstić information content (AvgIpc) is 2.84. The second kappa shape index (κ2) is 11.6. The first-order chi connectivity index (χ1) is 16.7. The number of amides is 2. The van der Waals surface area contributed by atoms with Gasteiger partial charge in [0, 0.05) is 23.5 Å². The van der Waals surface area contributed by atoms with Crippen molar-refractivity contribution in [1.29, 1.82) is 0 Å². The third kappa shape index (κ3) is 6.44. The van der Waals surface area contributed by atoms with Crippen molar-refractivity contribution < 1.29 is 14.5 Å². The minimum absolute atomic E-state index is 0.123. The molecule has 0 fully saturated rings. The Labute approximate surface area is 209 Å². The summed E-state index contributed by atoms with van der Waals surface area (Å²) in [6.45, 7) is 8.78. The lowest BCUT2D eigenvalue weighted by Crippen LogP contribution is -2.22. The molecule has 0 unspecified atom stereocenters. The lowest BCUT2D eigenvalue weighted by atomic mass is 10.1. The van der Waals surface area contributed by atoms with E-state index in [4.69, 9.17) is 11.6 Å². The van der Waals surface area contributed by atoms with Gasteiger partial charge in [0.25, 0.3) is 11.8 Å². The molecule has 0 spiro atoms. The number of hydrogen-bond acceptors (Lipinski definition) is 5. The summed E-state index contributed by atoms with van der Waals surface area (Å²) in [6.07, 6.45) is 0. The van der Waals surface area contributed by atoms with Gasteiger partial charge < -0.3 is 10.6 Å². The molecule has 0 aliphatic heterocycles. The van der Waals surface area contributed by atoms with E-state index in [9.17, 15) is 19.7 Å². The molecule has 0 radical (unpaired) electrons. The number of carbonyl (C=O) groups excluding carboxylic acids is 2. The Kier molecular flexibility index (Phi) is 8.57. The van der Waals surface area contributed by atoms with Crippen molar-refractivity contribution in [2.45, 2.75) is 27.3 Å². The molecule has 3 rings (SSSR count). The zero-order valence-corrected chi connectivity index (χ0v) is 20.6. The van der Waals surface area contributed by atoms with Crippen LogP contribution < -0.4 is 10.6 Å². The lowest BCUT2D eigenvalue weighted by molar-refractivity contribution is -0.385. The normalized spacial score (nSPS) is 10.8. The predicted molar refractivity (Wildman–Crippen MR) is 138 cm³/mol. The number of rotatable bonds is 9. The quantitative estimate of drug-likeness (QED) is 0.284. The zero-order valence-electron chi connectivity index (χ0n) is 19.8. The van der Waals surface area contributed by atoms with Crippen LogP contribution in [0.25, 0.3) is 0 Å². The maximum Gasteiger partial charge on any atom is 0.300 e. The molecule has 8 nitrogen and oxygen atoms in total. The molecule has 0 aliphatic carbocycles. The molecule has 9 heteroatoms. The maximum absolute atomic E-state index is 12.8. The number of halogens is 1. The highest BCUT2D eigenvalue weighted by atomic mass is 35.5. The van der Waals surface area contributed by atoms with Crippen molar-refractivity contribution in [3.63, 3.8) is 0 Å². The first-order valence-electron chi connectivity index (χ1n) is 11.2. The topological polar surface area (TPSA) is 105 Å². The van der Waals surface area contributed by atoms with E-state index < -0.39 is 16.5 Å². The van der Waals surface area contributed by atoms with Gasteiger partial charge in [-0.05, 0) is 67.5 Å². The number of para-hydroxylation sites is 1. The molecule has 0 saturated carbocycles. The fourth-order valence-electron chi connectivity index (χ4n) is 3.58. The van der Waals surface area contributed by atoms with Gasteiger partial charge in [-0.25, -0.2) is 0 Å². The molecule has 0 atom stereocenters. The van der Waals surface area contributed by atoms with E-state index >= 15 is 0 Å². The van der Waals surface area contributed by atoms with Crippen LogP contribution in [0.1, 0.15) is 45.7 Å². The number of nitrogens with zero attached hydrogens (tertiary/aromatic N) is 2. The summed E-state index contributed by atoms with van der Waals surface area (Å²) < 4.78 is 0. The van der Waals surface area contributed by atoms with Crippen LogP contribution in [0, 0.1) is 17.0 Å².